The van der Waals surface area contributed by atoms with Crippen molar-refractivity contribution >= 4 is 5.91 Å². The van der Waals surface area contributed by atoms with Crippen LogP contribution in [0.1, 0.15) is 12.8 Å². The van der Waals surface area contributed by atoms with Crippen molar-refractivity contribution in [2.45, 2.75) is 18.9 Å². The van der Waals surface area contributed by atoms with Gasteiger partial charge in [0.25, 0.3) is 5.91 Å². The lowest BCUT2D eigenvalue weighted by Gasteiger charge is -2.16. The number of carbonyl (C=O) groups excluding carboxylic acids is 1. The molecule has 1 aliphatic carbocycles. The molecule has 2 heterocycles. The van der Waals surface area contributed by atoms with Gasteiger partial charge >= 0.3 is 0 Å². The second-order valence-electron chi connectivity index (χ2n) is 6.27. The minimum absolute atomic E-state index is 0.00346. The van der Waals surface area contributed by atoms with E-state index in [1.165, 1.54) is 12.8 Å². The van der Waals surface area contributed by atoms with Crippen molar-refractivity contribution in [1.29, 1.82) is 0 Å². The molecule has 1 amide bonds. The second kappa shape index (κ2) is 5.35. The summed E-state index contributed by atoms with van der Waals surface area (Å²) in [6.45, 7) is 1.68. The minimum atomic E-state index is -0.00346. The van der Waals surface area contributed by atoms with Crippen LogP contribution >= 0.6 is 0 Å². The highest BCUT2D eigenvalue weighted by Gasteiger charge is 2.42. The summed E-state index contributed by atoms with van der Waals surface area (Å²) in [5, 5.41) is 0. The maximum atomic E-state index is 12.3. The average Bonchev–Trinajstić information content (AvgIpc) is 3.12. The van der Waals surface area contributed by atoms with Crippen molar-refractivity contribution in [3.63, 3.8) is 0 Å². The number of fused-ring (bicyclic) bond motifs is 1. The SMILES string of the molecule is N[C@H]1CN(C(=O)COc2ccc3c(c2)OCO3)C[C@@H]1C1CC1. The zero-order chi connectivity index (χ0) is 15.1. The molecule has 6 heteroatoms. The number of amides is 1. The number of carbonyl (C=O) groups is 1. The van der Waals surface area contributed by atoms with E-state index >= 15 is 0 Å². The quantitative estimate of drug-likeness (QED) is 0.898. The summed E-state index contributed by atoms with van der Waals surface area (Å²) in [5.74, 6) is 3.16. The third-order valence-corrected chi connectivity index (χ3v) is 4.70. The van der Waals surface area contributed by atoms with Gasteiger partial charge in [-0.1, -0.05) is 0 Å². The van der Waals surface area contributed by atoms with Gasteiger partial charge in [-0.15, -0.1) is 0 Å². The molecule has 118 valence electrons. The van der Waals surface area contributed by atoms with Crippen LogP contribution in [0.4, 0.5) is 0 Å². The molecule has 0 spiro atoms. The normalized spacial score (nSPS) is 26.3. The lowest BCUT2D eigenvalue weighted by atomic mass is 9.99. The fourth-order valence-corrected chi connectivity index (χ4v) is 3.28. The first-order chi connectivity index (χ1) is 10.7. The van der Waals surface area contributed by atoms with Crippen molar-refractivity contribution in [2.75, 3.05) is 26.5 Å². The third kappa shape index (κ3) is 2.59. The smallest absolute Gasteiger partial charge is 0.260 e. The molecule has 1 aromatic rings. The topological polar surface area (TPSA) is 74.0 Å². The monoisotopic (exact) mass is 304 g/mol. The molecule has 2 atom stereocenters. The van der Waals surface area contributed by atoms with E-state index in [9.17, 15) is 4.79 Å². The Labute approximate surface area is 129 Å². The summed E-state index contributed by atoms with van der Waals surface area (Å²) in [6.07, 6.45) is 2.52. The largest absolute Gasteiger partial charge is 0.484 e. The van der Waals surface area contributed by atoms with Gasteiger partial charge in [0.2, 0.25) is 6.79 Å². The molecule has 2 N–H and O–H groups in total. The molecule has 2 fully saturated rings. The van der Waals surface area contributed by atoms with Gasteiger partial charge in [0.15, 0.2) is 18.1 Å². The molecule has 1 aromatic carbocycles. The van der Waals surface area contributed by atoms with E-state index in [0.717, 1.165) is 12.5 Å². The van der Waals surface area contributed by atoms with Crippen LogP contribution in [0, 0.1) is 11.8 Å². The molecule has 0 bridgehead atoms. The molecule has 1 saturated carbocycles. The van der Waals surface area contributed by atoms with E-state index in [1.807, 2.05) is 4.90 Å². The Morgan fingerprint density at radius 1 is 1.27 bits per heavy atom. The summed E-state index contributed by atoms with van der Waals surface area (Å²) in [4.78, 5) is 14.1. The predicted octanol–water partition coefficient (Wildman–Crippen LogP) is 0.990. The second-order valence-corrected chi connectivity index (χ2v) is 6.27. The number of hydrogen-bond donors (Lipinski definition) is 1. The molecular formula is C16H20N2O4. The van der Waals surface area contributed by atoms with Crippen molar-refractivity contribution in [2.24, 2.45) is 17.6 Å². The Morgan fingerprint density at radius 3 is 2.91 bits per heavy atom. The molecule has 3 aliphatic rings. The number of likely N-dealkylation sites (tertiary alicyclic amines) is 1. The van der Waals surface area contributed by atoms with Gasteiger partial charge < -0.3 is 24.8 Å². The molecule has 1 saturated heterocycles. The first-order valence-electron chi connectivity index (χ1n) is 7.76. The molecule has 6 nitrogen and oxygen atoms in total. The van der Waals surface area contributed by atoms with E-state index in [0.29, 0.717) is 29.7 Å². The van der Waals surface area contributed by atoms with Gasteiger partial charge in [0, 0.05) is 25.2 Å². The number of ether oxygens (including phenoxy) is 3. The molecular weight excluding hydrogens is 284 g/mol. The van der Waals surface area contributed by atoms with E-state index in [-0.39, 0.29) is 25.3 Å². The summed E-state index contributed by atoms with van der Waals surface area (Å²) < 4.78 is 16.1. The Bertz CT molecular complexity index is 588. The van der Waals surface area contributed by atoms with E-state index in [1.54, 1.807) is 18.2 Å². The lowest BCUT2D eigenvalue weighted by molar-refractivity contribution is -0.132. The van der Waals surface area contributed by atoms with Crippen LogP contribution in [-0.4, -0.2) is 43.3 Å². The highest BCUT2D eigenvalue weighted by molar-refractivity contribution is 5.78. The zero-order valence-electron chi connectivity index (χ0n) is 12.4. The van der Waals surface area contributed by atoms with E-state index in [4.69, 9.17) is 19.9 Å². The van der Waals surface area contributed by atoms with Crippen molar-refractivity contribution in [1.82, 2.24) is 4.90 Å². The summed E-state index contributed by atoms with van der Waals surface area (Å²) >= 11 is 0. The summed E-state index contributed by atoms with van der Waals surface area (Å²) in [5.41, 5.74) is 6.15. The Kier molecular flexibility index (Phi) is 3.33. The maximum absolute atomic E-state index is 12.3. The average molecular weight is 304 g/mol. The van der Waals surface area contributed by atoms with Gasteiger partial charge in [0.05, 0.1) is 0 Å². The van der Waals surface area contributed by atoms with Crippen molar-refractivity contribution < 1.29 is 19.0 Å². The molecule has 0 unspecified atom stereocenters. The molecule has 4 rings (SSSR count). The highest BCUT2D eigenvalue weighted by atomic mass is 16.7. The van der Waals surface area contributed by atoms with Gasteiger partial charge in [-0.2, -0.15) is 0 Å². The molecule has 0 aromatic heterocycles. The predicted molar refractivity (Wildman–Crippen MR) is 78.8 cm³/mol. The lowest BCUT2D eigenvalue weighted by Crippen LogP contribution is -2.35. The van der Waals surface area contributed by atoms with E-state index in [2.05, 4.69) is 0 Å². The fourth-order valence-electron chi connectivity index (χ4n) is 3.28. The molecule has 0 radical (unpaired) electrons. The Morgan fingerprint density at radius 2 is 2.09 bits per heavy atom. The van der Waals surface area contributed by atoms with Crippen LogP contribution < -0.4 is 19.9 Å². The summed E-state index contributed by atoms with van der Waals surface area (Å²) in [7, 11) is 0. The van der Waals surface area contributed by atoms with Crippen molar-refractivity contribution in [3.05, 3.63) is 18.2 Å². The van der Waals surface area contributed by atoms with Gasteiger partial charge in [-0.25, -0.2) is 0 Å². The Balaban J connectivity index is 1.33. The number of hydrogen-bond acceptors (Lipinski definition) is 5. The van der Waals surface area contributed by atoms with Crippen LogP contribution in [0.2, 0.25) is 0 Å². The number of rotatable bonds is 4. The first-order valence-corrected chi connectivity index (χ1v) is 7.76. The van der Waals surface area contributed by atoms with Gasteiger partial charge in [-0.05, 0) is 36.8 Å². The van der Waals surface area contributed by atoms with Crippen molar-refractivity contribution in [3.8, 4) is 17.2 Å². The van der Waals surface area contributed by atoms with E-state index < -0.39 is 0 Å². The van der Waals surface area contributed by atoms with Crippen LogP contribution in [0.25, 0.3) is 0 Å². The highest BCUT2D eigenvalue weighted by Crippen LogP contribution is 2.41. The zero-order valence-corrected chi connectivity index (χ0v) is 12.4. The maximum Gasteiger partial charge on any atom is 0.260 e. The minimum Gasteiger partial charge on any atom is -0.484 e. The van der Waals surface area contributed by atoms with Gasteiger partial charge in [-0.3, -0.25) is 4.79 Å². The fraction of sp³-hybridized carbons (Fsp3) is 0.562. The number of nitrogens with zero attached hydrogens (tertiary/aromatic N) is 1. The third-order valence-electron chi connectivity index (χ3n) is 4.70. The van der Waals surface area contributed by atoms with Crippen LogP contribution in [0.15, 0.2) is 18.2 Å². The number of benzene rings is 1. The van der Waals surface area contributed by atoms with Crippen LogP contribution in [0.3, 0.4) is 0 Å². The number of nitrogens with two attached hydrogens (primary N) is 1. The first kappa shape index (κ1) is 13.7. The van der Waals surface area contributed by atoms with Gasteiger partial charge in [0.1, 0.15) is 5.75 Å². The van der Waals surface area contributed by atoms with Crippen LogP contribution in [0.5, 0.6) is 17.2 Å². The van der Waals surface area contributed by atoms with Crippen LogP contribution in [-0.2, 0) is 4.79 Å². The molecule has 2 aliphatic heterocycles. The Hall–Kier alpha value is -1.95. The standard InChI is InChI=1S/C16H20N2O4/c17-13-7-18(6-12(13)10-1-2-10)16(19)8-20-11-3-4-14-15(5-11)22-9-21-14/h3-5,10,12-13H,1-2,6-9,17H2/t12-,13+/m1/s1. The summed E-state index contributed by atoms with van der Waals surface area (Å²) in [6, 6.07) is 5.43. The molecule has 22 heavy (non-hydrogen) atoms.